The number of carbonyl (C=O) groups excluding carboxylic acids is 1. The Hall–Kier alpha value is -3.23. The van der Waals surface area contributed by atoms with E-state index < -0.39 is 5.60 Å². The van der Waals surface area contributed by atoms with Crippen molar-refractivity contribution in [3.8, 4) is 6.07 Å². The minimum absolute atomic E-state index is 0.0802. The Morgan fingerprint density at radius 2 is 1.86 bits per heavy atom. The first-order chi connectivity index (χ1) is 14.1. The summed E-state index contributed by atoms with van der Waals surface area (Å²) >= 11 is 0. The first-order valence-electron chi connectivity index (χ1n) is 9.92. The summed E-state index contributed by atoms with van der Waals surface area (Å²) in [7, 11) is 0. The highest BCUT2D eigenvalue weighted by Crippen LogP contribution is 2.41. The zero-order valence-corrected chi connectivity index (χ0v) is 16.1. The number of nitrogens with zero attached hydrogens (tertiary/aromatic N) is 2. The van der Waals surface area contributed by atoms with Crippen LogP contribution in [0, 0.1) is 11.3 Å². The third kappa shape index (κ3) is 4.28. The number of hydrogen-bond acceptors (Lipinski definition) is 4. The summed E-state index contributed by atoms with van der Waals surface area (Å²) in [5.41, 5.74) is 2.47. The smallest absolute Gasteiger partial charge is 0.227 e. The van der Waals surface area contributed by atoms with Crippen LogP contribution in [0.15, 0.2) is 60.8 Å². The molecule has 1 aromatic heterocycles. The van der Waals surface area contributed by atoms with Gasteiger partial charge in [0.1, 0.15) is 0 Å². The molecule has 1 fully saturated rings. The van der Waals surface area contributed by atoms with Gasteiger partial charge in [0.05, 0.1) is 29.2 Å². The van der Waals surface area contributed by atoms with Crippen LogP contribution in [0.1, 0.15) is 49.1 Å². The van der Waals surface area contributed by atoms with Gasteiger partial charge >= 0.3 is 0 Å². The van der Waals surface area contributed by atoms with Crippen molar-refractivity contribution in [2.45, 2.75) is 43.6 Å². The van der Waals surface area contributed by atoms with E-state index in [1.807, 2.05) is 24.4 Å². The van der Waals surface area contributed by atoms with Crippen molar-refractivity contribution in [3.63, 3.8) is 0 Å². The van der Waals surface area contributed by atoms with Gasteiger partial charge in [-0.05, 0) is 73.6 Å². The number of benzene rings is 2. The number of aliphatic hydroxyl groups is 1. The van der Waals surface area contributed by atoms with Crippen LogP contribution in [0.3, 0.4) is 0 Å². The van der Waals surface area contributed by atoms with E-state index in [-0.39, 0.29) is 12.3 Å². The number of anilines is 1. The van der Waals surface area contributed by atoms with Crippen LogP contribution in [-0.2, 0) is 4.79 Å². The van der Waals surface area contributed by atoms with Gasteiger partial charge in [-0.1, -0.05) is 18.2 Å². The van der Waals surface area contributed by atoms with E-state index in [4.69, 9.17) is 5.26 Å². The lowest BCUT2D eigenvalue weighted by Gasteiger charge is -2.36. The molecular formula is C24H23N3O2. The maximum absolute atomic E-state index is 12.4. The predicted molar refractivity (Wildman–Crippen MR) is 112 cm³/mol. The minimum Gasteiger partial charge on any atom is -0.389 e. The molecule has 5 heteroatoms. The second-order valence-corrected chi connectivity index (χ2v) is 7.83. The van der Waals surface area contributed by atoms with Crippen molar-refractivity contribution >= 4 is 22.5 Å². The largest absolute Gasteiger partial charge is 0.389 e. The van der Waals surface area contributed by atoms with Gasteiger partial charge in [0, 0.05) is 17.3 Å². The predicted octanol–water partition coefficient (Wildman–Crippen LogP) is 4.52. The molecule has 146 valence electrons. The Bertz CT molecular complexity index is 1060. The van der Waals surface area contributed by atoms with Crippen LogP contribution in [0.5, 0.6) is 0 Å². The standard InChI is InChI=1S/C24H23N3O2/c25-16-17-5-7-19(8-6-17)27-23(28)15-24(29)12-9-18(10-13-24)20-11-14-26-22-4-2-1-3-21(20)22/h1-8,11,14,18,29H,9-10,12-13,15H2,(H,27,28). The SMILES string of the molecule is N#Cc1ccc(NC(=O)CC2(O)CCC(c3ccnc4ccccc34)CC2)cc1. The molecule has 1 aliphatic rings. The van der Waals surface area contributed by atoms with Crippen molar-refractivity contribution in [1.29, 1.82) is 5.26 Å². The highest BCUT2D eigenvalue weighted by Gasteiger charge is 2.36. The molecule has 3 aromatic rings. The molecule has 29 heavy (non-hydrogen) atoms. The number of hydrogen-bond donors (Lipinski definition) is 2. The van der Waals surface area contributed by atoms with Crippen LogP contribution in [-0.4, -0.2) is 21.6 Å². The Balaban J connectivity index is 1.38. The molecule has 2 N–H and O–H groups in total. The third-order valence-electron chi connectivity index (χ3n) is 5.83. The summed E-state index contributed by atoms with van der Waals surface area (Å²) in [5, 5.41) is 23.8. The van der Waals surface area contributed by atoms with Crippen molar-refractivity contribution in [3.05, 3.63) is 71.9 Å². The van der Waals surface area contributed by atoms with Gasteiger partial charge in [-0.2, -0.15) is 5.26 Å². The molecule has 2 aromatic carbocycles. The summed E-state index contributed by atoms with van der Waals surface area (Å²) in [5.74, 6) is 0.162. The van der Waals surface area contributed by atoms with Crippen LogP contribution in [0.4, 0.5) is 5.69 Å². The van der Waals surface area contributed by atoms with E-state index >= 15 is 0 Å². The molecular weight excluding hydrogens is 362 g/mol. The van der Waals surface area contributed by atoms with Crippen molar-refractivity contribution in [2.75, 3.05) is 5.32 Å². The zero-order valence-electron chi connectivity index (χ0n) is 16.1. The Morgan fingerprint density at radius 1 is 1.14 bits per heavy atom. The molecule has 0 unspecified atom stereocenters. The zero-order chi connectivity index (χ0) is 20.3. The fourth-order valence-corrected chi connectivity index (χ4v) is 4.25. The Kier molecular flexibility index (Phi) is 5.28. The second kappa shape index (κ2) is 8.02. The van der Waals surface area contributed by atoms with Crippen molar-refractivity contribution in [1.82, 2.24) is 4.98 Å². The van der Waals surface area contributed by atoms with E-state index in [1.165, 1.54) is 10.9 Å². The third-order valence-corrected chi connectivity index (χ3v) is 5.83. The molecule has 4 rings (SSSR count). The summed E-state index contributed by atoms with van der Waals surface area (Å²) in [4.78, 5) is 16.9. The molecule has 0 atom stereocenters. The average Bonchev–Trinajstić information content (AvgIpc) is 2.74. The Labute approximate surface area is 170 Å². The highest BCUT2D eigenvalue weighted by atomic mass is 16.3. The first-order valence-corrected chi connectivity index (χ1v) is 9.92. The topological polar surface area (TPSA) is 86.0 Å². The fraction of sp³-hybridized carbons (Fsp3) is 0.292. The maximum atomic E-state index is 12.4. The molecule has 1 amide bonds. The van der Waals surface area contributed by atoms with E-state index in [9.17, 15) is 9.90 Å². The Morgan fingerprint density at radius 3 is 2.59 bits per heavy atom. The molecule has 0 bridgehead atoms. The summed E-state index contributed by atoms with van der Waals surface area (Å²) in [6.45, 7) is 0. The lowest BCUT2D eigenvalue weighted by molar-refractivity contribution is -0.122. The van der Waals surface area contributed by atoms with Gasteiger partial charge in [0.15, 0.2) is 0 Å². The lowest BCUT2D eigenvalue weighted by atomic mass is 9.74. The number of amides is 1. The lowest BCUT2D eigenvalue weighted by Crippen LogP contribution is -2.37. The van der Waals surface area contributed by atoms with Crippen LogP contribution in [0.2, 0.25) is 0 Å². The van der Waals surface area contributed by atoms with Gasteiger partial charge in [0.2, 0.25) is 5.91 Å². The molecule has 5 nitrogen and oxygen atoms in total. The average molecular weight is 385 g/mol. The normalized spacial score (nSPS) is 21.4. The molecule has 1 heterocycles. The van der Waals surface area contributed by atoms with Crippen molar-refractivity contribution < 1.29 is 9.90 Å². The first kappa shape index (κ1) is 19.1. The number of rotatable bonds is 4. The highest BCUT2D eigenvalue weighted by molar-refractivity contribution is 5.91. The number of carbonyl (C=O) groups is 1. The van der Waals surface area contributed by atoms with Crippen molar-refractivity contribution in [2.24, 2.45) is 0 Å². The fourth-order valence-electron chi connectivity index (χ4n) is 4.25. The van der Waals surface area contributed by atoms with Gasteiger partial charge < -0.3 is 10.4 Å². The molecule has 1 aliphatic carbocycles. The maximum Gasteiger partial charge on any atom is 0.227 e. The minimum atomic E-state index is -0.976. The number of aromatic nitrogens is 1. The number of fused-ring (bicyclic) bond motifs is 1. The van der Waals surface area contributed by atoms with E-state index in [1.54, 1.807) is 24.3 Å². The van der Waals surface area contributed by atoms with E-state index in [0.29, 0.717) is 30.0 Å². The quantitative estimate of drug-likeness (QED) is 0.691. The number of pyridine rings is 1. The molecule has 0 aliphatic heterocycles. The van der Waals surface area contributed by atoms with Gasteiger partial charge in [-0.25, -0.2) is 0 Å². The van der Waals surface area contributed by atoms with Crippen LogP contribution < -0.4 is 5.32 Å². The van der Waals surface area contributed by atoms with Crippen LogP contribution >= 0.6 is 0 Å². The number of nitrogens with one attached hydrogen (secondary N) is 1. The number of nitriles is 1. The monoisotopic (exact) mass is 385 g/mol. The number of para-hydroxylation sites is 1. The van der Waals surface area contributed by atoms with E-state index in [2.05, 4.69) is 28.5 Å². The van der Waals surface area contributed by atoms with Gasteiger partial charge in [-0.15, -0.1) is 0 Å². The summed E-state index contributed by atoms with van der Waals surface area (Å²) in [6, 6.07) is 19.0. The van der Waals surface area contributed by atoms with Gasteiger partial charge in [-0.3, -0.25) is 9.78 Å². The molecule has 0 radical (unpaired) electrons. The van der Waals surface area contributed by atoms with Gasteiger partial charge in [0.25, 0.3) is 0 Å². The van der Waals surface area contributed by atoms with E-state index in [0.717, 1.165) is 18.4 Å². The molecule has 0 saturated heterocycles. The molecule has 0 spiro atoms. The summed E-state index contributed by atoms with van der Waals surface area (Å²) < 4.78 is 0. The summed E-state index contributed by atoms with van der Waals surface area (Å²) in [6.07, 6.45) is 4.80. The second-order valence-electron chi connectivity index (χ2n) is 7.83. The van der Waals surface area contributed by atoms with Crippen LogP contribution in [0.25, 0.3) is 10.9 Å². The molecule has 1 saturated carbocycles.